The van der Waals surface area contributed by atoms with Crippen molar-refractivity contribution in [2.75, 3.05) is 6.61 Å². The summed E-state index contributed by atoms with van der Waals surface area (Å²) in [5.74, 6) is 0.611. The summed E-state index contributed by atoms with van der Waals surface area (Å²) in [4.78, 5) is 0. The van der Waals surface area contributed by atoms with Gasteiger partial charge in [0, 0.05) is 17.0 Å². The largest absolute Gasteiger partial charge is 0.493 e. The number of rotatable bonds is 5. The van der Waals surface area contributed by atoms with Crippen molar-refractivity contribution in [2.24, 2.45) is 0 Å². The molecule has 0 bridgehead atoms. The van der Waals surface area contributed by atoms with Crippen LogP contribution in [0.4, 0.5) is 0 Å². The summed E-state index contributed by atoms with van der Waals surface area (Å²) in [6, 6.07) is 5.13. The SMILES string of the molecule is CC(O)CCOc1ccc(Cl)cc1[C@H](C)O. The Morgan fingerprint density at radius 2 is 2.00 bits per heavy atom. The lowest BCUT2D eigenvalue weighted by molar-refractivity contribution is 0.151. The van der Waals surface area contributed by atoms with Gasteiger partial charge in [-0.2, -0.15) is 0 Å². The number of hydrogen-bond donors (Lipinski definition) is 2. The van der Waals surface area contributed by atoms with Gasteiger partial charge in [-0.25, -0.2) is 0 Å². The van der Waals surface area contributed by atoms with Crippen molar-refractivity contribution < 1.29 is 14.9 Å². The Balaban J connectivity index is 2.71. The second kappa shape index (κ2) is 6.09. The minimum Gasteiger partial charge on any atom is -0.493 e. The van der Waals surface area contributed by atoms with Crippen LogP contribution in [0.2, 0.25) is 5.02 Å². The molecule has 0 saturated carbocycles. The van der Waals surface area contributed by atoms with E-state index in [-0.39, 0.29) is 6.10 Å². The van der Waals surface area contributed by atoms with E-state index in [0.29, 0.717) is 29.4 Å². The average molecular weight is 245 g/mol. The summed E-state index contributed by atoms with van der Waals surface area (Å²) < 4.78 is 5.49. The summed E-state index contributed by atoms with van der Waals surface area (Å²) >= 11 is 5.84. The van der Waals surface area contributed by atoms with Gasteiger partial charge in [0.15, 0.2) is 0 Å². The average Bonchev–Trinajstić information content (AvgIpc) is 2.19. The van der Waals surface area contributed by atoms with Crippen LogP contribution in [0.5, 0.6) is 5.75 Å². The summed E-state index contributed by atoms with van der Waals surface area (Å²) in [7, 11) is 0. The van der Waals surface area contributed by atoms with Gasteiger partial charge in [-0.1, -0.05) is 11.6 Å². The molecule has 0 fully saturated rings. The molecular weight excluding hydrogens is 228 g/mol. The highest BCUT2D eigenvalue weighted by Gasteiger charge is 2.10. The quantitative estimate of drug-likeness (QED) is 0.837. The zero-order valence-corrected chi connectivity index (χ0v) is 10.2. The number of aliphatic hydroxyl groups is 2. The van der Waals surface area contributed by atoms with Crippen molar-refractivity contribution in [3.05, 3.63) is 28.8 Å². The molecule has 4 heteroatoms. The number of halogens is 1. The highest BCUT2D eigenvalue weighted by molar-refractivity contribution is 6.30. The molecule has 2 N–H and O–H groups in total. The second-order valence-corrected chi connectivity index (χ2v) is 4.28. The Labute approximate surface area is 101 Å². The molecule has 0 aliphatic carbocycles. The van der Waals surface area contributed by atoms with E-state index >= 15 is 0 Å². The molecule has 0 amide bonds. The van der Waals surface area contributed by atoms with Crippen LogP contribution < -0.4 is 4.74 Å². The zero-order chi connectivity index (χ0) is 12.1. The summed E-state index contributed by atoms with van der Waals surface area (Å²) in [5, 5.41) is 19.2. The molecule has 0 aliphatic heterocycles. The fourth-order valence-electron chi connectivity index (χ4n) is 1.32. The summed E-state index contributed by atoms with van der Waals surface area (Å²) in [5.41, 5.74) is 0.665. The molecule has 1 aromatic rings. The monoisotopic (exact) mass is 244 g/mol. The van der Waals surface area contributed by atoms with Crippen LogP contribution in [0.25, 0.3) is 0 Å². The minimum atomic E-state index is -0.625. The zero-order valence-electron chi connectivity index (χ0n) is 9.48. The Bertz CT molecular complexity index is 337. The summed E-state index contributed by atoms with van der Waals surface area (Å²) in [6.07, 6.45) is -0.454. The smallest absolute Gasteiger partial charge is 0.125 e. The lowest BCUT2D eigenvalue weighted by atomic mass is 10.1. The molecule has 1 unspecified atom stereocenters. The van der Waals surface area contributed by atoms with Crippen molar-refractivity contribution in [2.45, 2.75) is 32.5 Å². The standard InChI is InChI=1S/C12H17ClO3/c1-8(14)5-6-16-12-4-3-10(13)7-11(12)9(2)15/h3-4,7-9,14-15H,5-6H2,1-2H3/t8?,9-/m0/s1. The third kappa shape index (κ3) is 4.00. The first-order valence-corrected chi connectivity index (χ1v) is 5.67. The van der Waals surface area contributed by atoms with Crippen LogP contribution in [0.3, 0.4) is 0 Å². The van der Waals surface area contributed by atoms with Gasteiger partial charge >= 0.3 is 0 Å². The van der Waals surface area contributed by atoms with E-state index in [1.54, 1.807) is 32.0 Å². The maximum absolute atomic E-state index is 9.55. The Hall–Kier alpha value is -0.770. The predicted molar refractivity (Wildman–Crippen MR) is 63.9 cm³/mol. The molecule has 0 aliphatic rings. The maximum Gasteiger partial charge on any atom is 0.125 e. The molecule has 2 atom stereocenters. The van der Waals surface area contributed by atoms with Gasteiger partial charge in [0.1, 0.15) is 5.75 Å². The minimum absolute atomic E-state index is 0.387. The first-order chi connectivity index (χ1) is 7.50. The van der Waals surface area contributed by atoms with Gasteiger partial charge in [-0.15, -0.1) is 0 Å². The van der Waals surface area contributed by atoms with Crippen molar-refractivity contribution in [1.29, 1.82) is 0 Å². The molecule has 0 heterocycles. The van der Waals surface area contributed by atoms with Crippen molar-refractivity contribution in [1.82, 2.24) is 0 Å². The van der Waals surface area contributed by atoms with Crippen LogP contribution in [-0.2, 0) is 0 Å². The molecule has 0 radical (unpaired) electrons. The van der Waals surface area contributed by atoms with E-state index in [4.69, 9.17) is 21.4 Å². The topological polar surface area (TPSA) is 49.7 Å². The lowest BCUT2D eigenvalue weighted by Gasteiger charge is -2.14. The molecular formula is C12H17ClO3. The van der Waals surface area contributed by atoms with Crippen molar-refractivity contribution >= 4 is 11.6 Å². The molecule has 90 valence electrons. The van der Waals surface area contributed by atoms with E-state index in [9.17, 15) is 5.11 Å². The molecule has 1 aromatic carbocycles. The van der Waals surface area contributed by atoms with E-state index in [0.717, 1.165) is 0 Å². The van der Waals surface area contributed by atoms with Crippen LogP contribution in [-0.4, -0.2) is 22.9 Å². The van der Waals surface area contributed by atoms with Crippen LogP contribution in [0.1, 0.15) is 31.9 Å². The van der Waals surface area contributed by atoms with E-state index in [1.807, 2.05) is 0 Å². The van der Waals surface area contributed by atoms with Gasteiger partial charge in [0.25, 0.3) is 0 Å². The number of ether oxygens (including phenoxy) is 1. The van der Waals surface area contributed by atoms with Gasteiger partial charge < -0.3 is 14.9 Å². The van der Waals surface area contributed by atoms with Crippen molar-refractivity contribution in [3.8, 4) is 5.75 Å². The first-order valence-electron chi connectivity index (χ1n) is 5.29. The Morgan fingerprint density at radius 1 is 1.31 bits per heavy atom. The van der Waals surface area contributed by atoms with Gasteiger partial charge in [-0.3, -0.25) is 0 Å². The van der Waals surface area contributed by atoms with Crippen LogP contribution in [0.15, 0.2) is 18.2 Å². The molecule has 3 nitrogen and oxygen atoms in total. The number of benzene rings is 1. The molecule has 0 aromatic heterocycles. The van der Waals surface area contributed by atoms with E-state index < -0.39 is 6.10 Å². The van der Waals surface area contributed by atoms with Crippen LogP contribution >= 0.6 is 11.6 Å². The van der Waals surface area contributed by atoms with Crippen LogP contribution in [0, 0.1) is 0 Å². The third-order valence-electron chi connectivity index (χ3n) is 2.22. The summed E-state index contributed by atoms with van der Waals surface area (Å²) in [6.45, 7) is 3.78. The first kappa shape index (κ1) is 13.3. The number of hydrogen-bond acceptors (Lipinski definition) is 3. The predicted octanol–water partition coefficient (Wildman–Crippen LogP) is 2.54. The Morgan fingerprint density at radius 3 is 2.56 bits per heavy atom. The normalized spacial score (nSPS) is 14.6. The molecule has 0 spiro atoms. The molecule has 0 saturated heterocycles. The molecule has 1 rings (SSSR count). The Kier molecular flexibility index (Phi) is 5.06. The fraction of sp³-hybridized carbons (Fsp3) is 0.500. The van der Waals surface area contributed by atoms with Gasteiger partial charge in [0.2, 0.25) is 0 Å². The molecule has 16 heavy (non-hydrogen) atoms. The second-order valence-electron chi connectivity index (χ2n) is 3.84. The third-order valence-corrected chi connectivity index (χ3v) is 2.45. The highest BCUT2D eigenvalue weighted by Crippen LogP contribution is 2.28. The van der Waals surface area contributed by atoms with Gasteiger partial charge in [0.05, 0.1) is 18.8 Å². The van der Waals surface area contributed by atoms with E-state index in [1.165, 1.54) is 0 Å². The maximum atomic E-state index is 9.55. The van der Waals surface area contributed by atoms with Gasteiger partial charge in [-0.05, 0) is 32.0 Å². The lowest BCUT2D eigenvalue weighted by Crippen LogP contribution is -2.09. The fourth-order valence-corrected chi connectivity index (χ4v) is 1.50. The van der Waals surface area contributed by atoms with Crippen molar-refractivity contribution in [3.63, 3.8) is 0 Å². The van der Waals surface area contributed by atoms with E-state index in [2.05, 4.69) is 0 Å². The highest BCUT2D eigenvalue weighted by atomic mass is 35.5. The number of aliphatic hydroxyl groups excluding tert-OH is 2.